The van der Waals surface area contributed by atoms with Gasteiger partial charge in [-0.05, 0) is 32.9 Å². The molecule has 1 amide bonds. The number of ether oxygens (including phenoxy) is 3. The van der Waals surface area contributed by atoms with Crippen molar-refractivity contribution in [3.05, 3.63) is 34.9 Å². The molecule has 0 aromatic heterocycles. The summed E-state index contributed by atoms with van der Waals surface area (Å²) in [5, 5.41) is 0. The van der Waals surface area contributed by atoms with Crippen LogP contribution in [0.2, 0.25) is 0 Å². The molecule has 0 bridgehead atoms. The predicted octanol–water partition coefficient (Wildman–Crippen LogP) is 2.34. The predicted molar refractivity (Wildman–Crippen MR) is 91.4 cm³/mol. The molecule has 3 rings (SSSR count). The Balaban J connectivity index is 1.81. The molecule has 1 spiro atoms. The van der Waals surface area contributed by atoms with Gasteiger partial charge in [0.15, 0.2) is 0 Å². The Labute approximate surface area is 143 Å². The maximum atomic E-state index is 13.2. The number of hydrogen-bond acceptors (Lipinski definition) is 4. The second kappa shape index (κ2) is 7.21. The third-order valence-electron chi connectivity index (χ3n) is 4.82. The molecule has 0 saturated carbocycles. The lowest BCUT2D eigenvalue weighted by Gasteiger charge is -2.43. The average Bonchev–Trinajstić information content (AvgIpc) is 2.95. The molecule has 2 saturated heterocycles. The van der Waals surface area contributed by atoms with Gasteiger partial charge in [0.05, 0.1) is 38.1 Å². The van der Waals surface area contributed by atoms with E-state index >= 15 is 0 Å². The van der Waals surface area contributed by atoms with Crippen molar-refractivity contribution in [1.29, 1.82) is 0 Å². The van der Waals surface area contributed by atoms with E-state index in [1.165, 1.54) is 0 Å². The number of carbonyl (C=O) groups is 1. The van der Waals surface area contributed by atoms with Gasteiger partial charge in [0.1, 0.15) is 0 Å². The van der Waals surface area contributed by atoms with Gasteiger partial charge in [0.25, 0.3) is 5.91 Å². The maximum Gasteiger partial charge on any atom is 0.254 e. The molecule has 5 nitrogen and oxygen atoms in total. The maximum absolute atomic E-state index is 13.2. The Morgan fingerprint density at radius 3 is 2.75 bits per heavy atom. The molecule has 24 heavy (non-hydrogen) atoms. The van der Waals surface area contributed by atoms with Gasteiger partial charge in [-0.15, -0.1) is 0 Å². The van der Waals surface area contributed by atoms with E-state index in [1.807, 2.05) is 37.8 Å². The summed E-state index contributed by atoms with van der Waals surface area (Å²) >= 11 is 0. The van der Waals surface area contributed by atoms with Crippen LogP contribution in [-0.4, -0.2) is 62.0 Å². The summed E-state index contributed by atoms with van der Waals surface area (Å²) in [4.78, 5) is 15.1. The van der Waals surface area contributed by atoms with Crippen LogP contribution < -0.4 is 0 Å². The number of rotatable bonds is 4. The highest BCUT2D eigenvalue weighted by Gasteiger charge is 2.49. The molecule has 2 fully saturated rings. The first-order valence-corrected chi connectivity index (χ1v) is 8.71. The zero-order chi connectivity index (χ0) is 17.2. The van der Waals surface area contributed by atoms with Crippen LogP contribution in [0.1, 0.15) is 34.8 Å². The molecule has 2 aliphatic heterocycles. The highest BCUT2D eigenvalue weighted by atomic mass is 16.5. The quantitative estimate of drug-likeness (QED) is 0.848. The van der Waals surface area contributed by atoms with Gasteiger partial charge >= 0.3 is 0 Å². The fraction of sp³-hybridized carbons (Fsp3) is 0.632. The van der Waals surface area contributed by atoms with Crippen molar-refractivity contribution in [3.8, 4) is 0 Å². The van der Waals surface area contributed by atoms with Crippen molar-refractivity contribution >= 4 is 5.91 Å². The summed E-state index contributed by atoms with van der Waals surface area (Å²) < 4.78 is 17.1. The highest BCUT2D eigenvalue weighted by Crippen LogP contribution is 2.34. The SMILES string of the molecule is CCOCC1CC2(COCCN2C(=O)c2cc(C)cc(C)c2)CO1. The molecule has 0 radical (unpaired) electrons. The van der Waals surface area contributed by atoms with Crippen molar-refractivity contribution in [2.75, 3.05) is 39.6 Å². The number of carbonyl (C=O) groups excluding carboxylic acids is 1. The van der Waals surface area contributed by atoms with Crippen molar-refractivity contribution in [1.82, 2.24) is 4.90 Å². The molecule has 2 unspecified atom stereocenters. The second-order valence-electron chi connectivity index (χ2n) is 6.91. The van der Waals surface area contributed by atoms with E-state index in [0.29, 0.717) is 39.6 Å². The van der Waals surface area contributed by atoms with E-state index in [9.17, 15) is 4.79 Å². The summed E-state index contributed by atoms with van der Waals surface area (Å²) in [5.74, 6) is 0.0748. The minimum Gasteiger partial charge on any atom is -0.379 e. The lowest BCUT2D eigenvalue weighted by atomic mass is 9.92. The number of morpholine rings is 1. The first-order chi connectivity index (χ1) is 11.5. The lowest BCUT2D eigenvalue weighted by Crippen LogP contribution is -2.59. The van der Waals surface area contributed by atoms with E-state index < -0.39 is 0 Å². The molecule has 2 heterocycles. The van der Waals surface area contributed by atoms with Crippen LogP contribution in [0.4, 0.5) is 0 Å². The highest BCUT2D eigenvalue weighted by molar-refractivity contribution is 5.95. The zero-order valence-electron chi connectivity index (χ0n) is 14.8. The topological polar surface area (TPSA) is 48.0 Å². The van der Waals surface area contributed by atoms with Gasteiger partial charge in [0, 0.05) is 25.1 Å². The Morgan fingerprint density at radius 1 is 1.29 bits per heavy atom. The van der Waals surface area contributed by atoms with E-state index in [4.69, 9.17) is 14.2 Å². The molecule has 132 valence electrons. The normalized spacial score (nSPS) is 27.0. The molecule has 1 aromatic rings. The summed E-state index contributed by atoms with van der Waals surface area (Å²) in [7, 11) is 0. The fourth-order valence-corrected chi connectivity index (χ4v) is 3.76. The molecule has 5 heteroatoms. The van der Waals surface area contributed by atoms with Gasteiger partial charge in [-0.1, -0.05) is 17.2 Å². The Bertz CT molecular complexity index is 583. The molecule has 1 aromatic carbocycles. The molecule has 2 aliphatic rings. The van der Waals surface area contributed by atoms with Gasteiger partial charge in [-0.3, -0.25) is 4.79 Å². The Morgan fingerprint density at radius 2 is 2.04 bits per heavy atom. The van der Waals surface area contributed by atoms with Gasteiger partial charge in [-0.25, -0.2) is 0 Å². The summed E-state index contributed by atoms with van der Waals surface area (Å²) in [5.41, 5.74) is 2.60. The minimum atomic E-state index is -0.366. The number of hydrogen-bond donors (Lipinski definition) is 0. The number of aryl methyl sites for hydroxylation is 2. The molecule has 0 N–H and O–H groups in total. The smallest absolute Gasteiger partial charge is 0.254 e. The van der Waals surface area contributed by atoms with Crippen LogP contribution >= 0.6 is 0 Å². The third kappa shape index (κ3) is 3.48. The molecule has 2 atom stereocenters. The largest absolute Gasteiger partial charge is 0.379 e. The van der Waals surface area contributed by atoms with Gasteiger partial charge < -0.3 is 19.1 Å². The third-order valence-corrected chi connectivity index (χ3v) is 4.82. The first kappa shape index (κ1) is 17.4. The standard InChI is InChI=1S/C19H27NO4/c1-4-22-11-17-10-19(13-24-17)12-23-6-5-20(19)18(21)16-8-14(2)7-15(3)9-16/h7-9,17H,4-6,10-13H2,1-3H3. The molecule has 0 aliphatic carbocycles. The van der Waals surface area contributed by atoms with Crippen molar-refractivity contribution in [2.24, 2.45) is 0 Å². The zero-order valence-corrected chi connectivity index (χ0v) is 14.8. The van der Waals surface area contributed by atoms with E-state index in [-0.39, 0.29) is 17.6 Å². The van der Waals surface area contributed by atoms with Crippen LogP contribution in [-0.2, 0) is 14.2 Å². The molecular formula is C19H27NO4. The van der Waals surface area contributed by atoms with Crippen molar-refractivity contribution in [3.63, 3.8) is 0 Å². The van der Waals surface area contributed by atoms with Gasteiger partial charge in [-0.2, -0.15) is 0 Å². The van der Waals surface area contributed by atoms with Gasteiger partial charge in [0.2, 0.25) is 0 Å². The number of benzene rings is 1. The summed E-state index contributed by atoms with van der Waals surface area (Å²) in [6.45, 7) is 9.51. The average molecular weight is 333 g/mol. The van der Waals surface area contributed by atoms with Crippen LogP contribution in [0.25, 0.3) is 0 Å². The Kier molecular flexibility index (Phi) is 5.23. The summed E-state index contributed by atoms with van der Waals surface area (Å²) in [6, 6.07) is 6.01. The second-order valence-corrected chi connectivity index (χ2v) is 6.91. The van der Waals surface area contributed by atoms with E-state index in [0.717, 1.165) is 23.1 Å². The van der Waals surface area contributed by atoms with E-state index in [2.05, 4.69) is 6.07 Å². The van der Waals surface area contributed by atoms with Crippen LogP contribution in [0, 0.1) is 13.8 Å². The van der Waals surface area contributed by atoms with Crippen LogP contribution in [0.5, 0.6) is 0 Å². The number of amides is 1. The van der Waals surface area contributed by atoms with Crippen molar-refractivity contribution < 1.29 is 19.0 Å². The fourth-order valence-electron chi connectivity index (χ4n) is 3.76. The van der Waals surface area contributed by atoms with E-state index in [1.54, 1.807) is 0 Å². The monoisotopic (exact) mass is 333 g/mol. The lowest BCUT2D eigenvalue weighted by molar-refractivity contribution is -0.0559. The minimum absolute atomic E-state index is 0.0289. The first-order valence-electron chi connectivity index (χ1n) is 8.71. The summed E-state index contributed by atoms with van der Waals surface area (Å²) in [6.07, 6.45) is 0.796. The number of nitrogens with zero attached hydrogens (tertiary/aromatic N) is 1. The van der Waals surface area contributed by atoms with Crippen LogP contribution in [0.3, 0.4) is 0 Å². The Hall–Kier alpha value is -1.43. The molecular weight excluding hydrogens is 306 g/mol. The van der Waals surface area contributed by atoms with Crippen molar-refractivity contribution in [2.45, 2.75) is 38.8 Å². The van der Waals surface area contributed by atoms with Crippen LogP contribution in [0.15, 0.2) is 18.2 Å².